The summed E-state index contributed by atoms with van der Waals surface area (Å²) >= 11 is 0. The summed E-state index contributed by atoms with van der Waals surface area (Å²) in [6.07, 6.45) is 3.37. The lowest BCUT2D eigenvalue weighted by Crippen LogP contribution is -2.61. The number of hydrogen-bond donors (Lipinski definition) is 0. The molecule has 3 aliphatic heterocycles. The molecule has 5 rings (SSSR count). The van der Waals surface area contributed by atoms with Crippen LogP contribution in [0.15, 0.2) is 24.3 Å². The van der Waals surface area contributed by atoms with Crippen molar-refractivity contribution < 1.29 is 17.9 Å². The molecular formula is C22H29N5O4S. The minimum atomic E-state index is -3.52. The standard InChI is InChI=1S/C22H29N5O4S/c23-15-18-1-3-19(4-2-18)24-11-13-26(14-12-24)32(29,30)25-9-7-22(8-10-25)17-27(20-5-6-20)21(28)16-31-22/h1-4,20H,5-14,16-17H2. The van der Waals surface area contributed by atoms with E-state index in [1.807, 2.05) is 17.0 Å². The highest BCUT2D eigenvalue weighted by molar-refractivity contribution is 7.86. The molecule has 172 valence electrons. The first-order valence-corrected chi connectivity index (χ1v) is 12.7. The Hall–Kier alpha value is -2.19. The number of nitriles is 1. The van der Waals surface area contributed by atoms with Gasteiger partial charge in [0.25, 0.3) is 10.2 Å². The summed E-state index contributed by atoms with van der Waals surface area (Å²) in [4.78, 5) is 16.3. The second-order valence-electron chi connectivity index (χ2n) is 9.18. The van der Waals surface area contributed by atoms with Crippen LogP contribution in [0.25, 0.3) is 0 Å². The average Bonchev–Trinajstić information content (AvgIpc) is 3.67. The topological polar surface area (TPSA) is 97.2 Å². The van der Waals surface area contributed by atoms with Crippen LogP contribution in [0.2, 0.25) is 0 Å². The van der Waals surface area contributed by atoms with E-state index in [2.05, 4.69) is 11.0 Å². The van der Waals surface area contributed by atoms with Gasteiger partial charge in [-0.1, -0.05) is 0 Å². The number of piperazine rings is 1. The average molecular weight is 460 g/mol. The third kappa shape index (κ3) is 4.10. The first kappa shape index (κ1) is 21.6. The van der Waals surface area contributed by atoms with Gasteiger partial charge in [-0.15, -0.1) is 0 Å². The summed E-state index contributed by atoms with van der Waals surface area (Å²) in [7, 11) is -3.52. The number of amides is 1. The number of benzene rings is 1. The van der Waals surface area contributed by atoms with Crippen LogP contribution in [0.4, 0.5) is 5.69 Å². The Morgan fingerprint density at radius 2 is 1.59 bits per heavy atom. The molecule has 1 saturated carbocycles. The van der Waals surface area contributed by atoms with Crippen molar-refractivity contribution in [3.63, 3.8) is 0 Å². The highest BCUT2D eigenvalue weighted by atomic mass is 32.2. The van der Waals surface area contributed by atoms with Gasteiger partial charge in [-0.2, -0.15) is 22.3 Å². The van der Waals surface area contributed by atoms with E-state index in [-0.39, 0.29) is 12.5 Å². The number of ether oxygens (including phenoxy) is 1. The minimum absolute atomic E-state index is 0.0633. The molecule has 9 nitrogen and oxygen atoms in total. The molecule has 4 fully saturated rings. The smallest absolute Gasteiger partial charge is 0.282 e. The summed E-state index contributed by atoms with van der Waals surface area (Å²) in [6.45, 7) is 3.65. The Morgan fingerprint density at radius 3 is 2.19 bits per heavy atom. The Morgan fingerprint density at radius 1 is 0.969 bits per heavy atom. The predicted molar refractivity (Wildman–Crippen MR) is 118 cm³/mol. The number of carbonyl (C=O) groups excluding carboxylic acids is 1. The van der Waals surface area contributed by atoms with Crippen LogP contribution >= 0.6 is 0 Å². The van der Waals surface area contributed by atoms with E-state index < -0.39 is 15.8 Å². The van der Waals surface area contributed by atoms with Crippen LogP contribution in [0, 0.1) is 11.3 Å². The first-order chi connectivity index (χ1) is 15.4. The van der Waals surface area contributed by atoms with Crippen molar-refractivity contribution in [2.45, 2.75) is 37.3 Å². The SMILES string of the molecule is N#Cc1ccc(N2CCN(S(=O)(=O)N3CCC4(CC3)CN(C3CC3)C(=O)CO4)CC2)cc1. The minimum Gasteiger partial charge on any atom is -0.369 e. The van der Waals surface area contributed by atoms with Gasteiger partial charge < -0.3 is 14.5 Å². The first-order valence-electron chi connectivity index (χ1n) is 11.3. The van der Waals surface area contributed by atoms with E-state index in [4.69, 9.17) is 10.00 Å². The molecule has 1 spiro atoms. The van der Waals surface area contributed by atoms with Crippen molar-refractivity contribution in [2.75, 3.05) is 57.3 Å². The third-order valence-corrected chi connectivity index (χ3v) is 9.19. The molecule has 4 aliphatic rings. The Kier molecular flexibility index (Phi) is 5.61. The van der Waals surface area contributed by atoms with Crippen molar-refractivity contribution in [3.05, 3.63) is 29.8 Å². The number of morpholine rings is 1. The Bertz CT molecular complexity index is 1000. The molecular weight excluding hydrogens is 430 g/mol. The van der Waals surface area contributed by atoms with Crippen molar-refractivity contribution in [1.82, 2.24) is 13.5 Å². The van der Waals surface area contributed by atoms with Crippen LogP contribution in [0.1, 0.15) is 31.2 Å². The number of piperidine rings is 1. The zero-order chi connectivity index (χ0) is 22.3. The molecule has 1 amide bonds. The fourth-order valence-corrected chi connectivity index (χ4v) is 6.57. The highest BCUT2D eigenvalue weighted by Gasteiger charge is 2.48. The van der Waals surface area contributed by atoms with Gasteiger partial charge in [-0.25, -0.2) is 0 Å². The quantitative estimate of drug-likeness (QED) is 0.660. The molecule has 0 radical (unpaired) electrons. The van der Waals surface area contributed by atoms with Gasteiger partial charge in [-0.05, 0) is 49.9 Å². The van der Waals surface area contributed by atoms with E-state index in [1.54, 1.807) is 20.7 Å². The van der Waals surface area contributed by atoms with Crippen molar-refractivity contribution >= 4 is 21.8 Å². The second kappa shape index (κ2) is 8.30. The fraction of sp³-hybridized carbons (Fsp3) is 0.636. The van der Waals surface area contributed by atoms with E-state index in [0.29, 0.717) is 70.3 Å². The van der Waals surface area contributed by atoms with Crippen LogP contribution in [0.3, 0.4) is 0 Å². The molecule has 0 N–H and O–H groups in total. The number of hydrogen-bond acceptors (Lipinski definition) is 6. The normalized spacial score (nSPS) is 25.2. The molecule has 1 aromatic carbocycles. The van der Waals surface area contributed by atoms with Crippen molar-refractivity contribution in [1.29, 1.82) is 5.26 Å². The van der Waals surface area contributed by atoms with Crippen LogP contribution in [-0.2, 0) is 19.7 Å². The molecule has 0 aromatic heterocycles. The molecule has 1 aromatic rings. The zero-order valence-electron chi connectivity index (χ0n) is 18.1. The predicted octanol–water partition coefficient (Wildman–Crippen LogP) is 0.781. The van der Waals surface area contributed by atoms with Crippen LogP contribution < -0.4 is 4.90 Å². The van der Waals surface area contributed by atoms with Gasteiger partial charge in [0.15, 0.2) is 0 Å². The molecule has 3 saturated heterocycles. The zero-order valence-corrected chi connectivity index (χ0v) is 19.0. The lowest BCUT2D eigenvalue weighted by molar-refractivity contribution is -0.170. The lowest BCUT2D eigenvalue weighted by Gasteiger charge is -2.47. The molecule has 1 aliphatic carbocycles. The summed E-state index contributed by atoms with van der Waals surface area (Å²) < 4.78 is 35.6. The molecule has 0 unspecified atom stereocenters. The number of nitrogens with zero attached hydrogens (tertiary/aromatic N) is 5. The van der Waals surface area contributed by atoms with Crippen molar-refractivity contribution in [3.8, 4) is 6.07 Å². The number of carbonyl (C=O) groups is 1. The largest absolute Gasteiger partial charge is 0.369 e. The third-order valence-electron chi connectivity index (χ3n) is 7.15. The van der Waals surface area contributed by atoms with E-state index in [1.165, 1.54) is 0 Å². The molecule has 0 bridgehead atoms. The maximum absolute atomic E-state index is 13.3. The van der Waals surface area contributed by atoms with Gasteiger partial charge in [-0.3, -0.25) is 4.79 Å². The van der Waals surface area contributed by atoms with Crippen LogP contribution in [-0.4, -0.2) is 91.9 Å². The van der Waals surface area contributed by atoms with E-state index >= 15 is 0 Å². The summed E-state index contributed by atoms with van der Waals surface area (Å²) in [5.41, 5.74) is 1.21. The summed E-state index contributed by atoms with van der Waals surface area (Å²) in [5.74, 6) is 0.0633. The molecule has 32 heavy (non-hydrogen) atoms. The molecule has 10 heteroatoms. The molecule has 3 heterocycles. The van der Waals surface area contributed by atoms with Gasteiger partial charge in [0.05, 0.1) is 23.8 Å². The number of rotatable bonds is 4. The van der Waals surface area contributed by atoms with E-state index in [9.17, 15) is 13.2 Å². The number of anilines is 1. The van der Waals surface area contributed by atoms with Crippen LogP contribution in [0.5, 0.6) is 0 Å². The van der Waals surface area contributed by atoms with E-state index in [0.717, 1.165) is 18.5 Å². The van der Waals surface area contributed by atoms with Crippen molar-refractivity contribution in [2.24, 2.45) is 0 Å². The molecule has 0 atom stereocenters. The van der Waals surface area contributed by atoms with Gasteiger partial charge in [0.2, 0.25) is 5.91 Å². The lowest BCUT2D eigenvalue weighted by atomic mass is 9.90. The monoisotopic (exact) mass is 459 g/mol. The Balaban J connectivity index is 1.17. The summed E-state index contributed by atoms with van der Waals surface area (Å²) in [5, 5.41) is 8.95. The second-order valence-corrected chi connectivity index (χ2v) is 11.1. The van der Waals surface area contributed by atoms with Gasteiger partial charge >= 0.3 is 0 Å². The maximum Gasteiger partial charge on any atom is 0.282 e. The van der Waals surface area contributed by atoms with Gasteiger partial charge in [0, 0.05) is 51.0 Å². The maximum atomic E-state index is 13.3. The summed E-state index contributed by atoms with van der Waals surface area (Å²) in [6, 6.07) is 9.86. The highest BCUT2D eigenvalue weighted by Crippen LogP contribution is 2.37. The fourth-order valence-electron chi connectivity index (χ4n) is 4.97. The van der Waals surface area contributed by atoms with Gasteiger partial charge in [0.1, 0.15) is 6.61 Å². The Labute approximate surface area is 189 Å².